The van der Waals surface area contributed by atoms with E-state index in [-0.39, 0.29) is 34.1 Å². The average molecular weight is 320 g/mol. The van der Waals surface area contributed by atoms with E-state index in [4.69, 9.17) is 16.7 Å². The first-order valence-electron chi connectivity index (χ1n) is 5.80. The Labute approximate surface area is 121 Å². The topological polar surface area (TPSA) is 94.9 Å². The maximum absolute atomic E-state index is 12.4. The molecule has 0 atom stereocenters. The number of sulfonamides is 1. The van der Waals surface area contributed by atoms with Crippen LogP contribution in [-0.2, 0) is 10.0 Å². The van der Waals surface area contributed by atoms with E-state index in [0.29, 0.717) is 0 Å². The molecule has 1 aliphatic heterocycles. The minimum atomic E-state index is -3.86. The molecule has 1 fully saturated rings. The van der Waals surface area contributed by atoms with Gasteiger partial charge in [-0.25, -0.2) is 13.2 Å². The van der Waals surface area contributed by atoms with E-state index in [9.17, 15) is 18.3 Å². The molecule has 0 saturated carbocycles. The molecule has 2 rings (SSSR count). The van der Waals surface area contributed by atoms with Gasteiger partial charge in [-0.05, 0) is 31.5 Å². The Hall–Kier alpha value is -1.15. The number of carbonyl (C=O) groups is 1. The average Bonchev–Trinajstić information content (AvgIpc) is 2.28. The molecule has 0 spiro atoms. The number of rotatable bonds is 3. The van der Waals surface area contributed by atoms with Crippen molar-refractivity contribution >= 4 is 27.6 Å². The van der Waals surface area contributed by atoms with Crippen LogP contribution >= 0.6 is 11.6 Å². The molecular weight excluding hydrogens is 306 g/mol. The van der Waals surface area contributed by atoms with Crippen molar-refractivity contribution in [3.63, 3.8) is 0 Å². The van der Waals surface area contributed by atoms with Crippen molar-refractivity contribution in [2.24, 2.45) is 0 Å². The number of nitrogens with zero attached hydrogens (tertiary/aromatic N) is 1. The molecule has 110 valence electrons. The standard InChI is InChI=1S/C12H14ClNO5S/c1-7-9(11(15)16)3-8(13)4-10(7)20(18,19)14-5-12(2,17)6-14/h3-4,17H,5-6H2,1-2H3,(H,15,16). The molecule has 0 radical (unpaired) electrons. The lowest BCUT2D eigenvalue weighted by Gasteiger charge is -2.43. The van der Waals surface area contributed by atoms with Crippen LogP contribution in [0.2, 0.25) is 5.02 Å². The number of hydrogen-bond donors (Lipinski definition) is 2. The number of benzene rings is 1. The van der Waals surface area contributed by atoms with Gasteiger partial charge in [-0.15, -0.1) is 0 Å². The fourth-order valence-electron chi connectivity index (χ4n) is 2.17. The zero-order valence-electron chi connectivity index (χ0n) is 10.9. The van der Waals surface area contributed by atoms with E-state index in [1.54, 1.807) is 0 Å². The molecule has 8 heteroatoms. The third kappa shape index (κ3) is 2.54. The smallest absolute Gasteiger partial charge is 0.336 e. The summed E-state index contributed by atoms with van der Waals surface area (Å²) >= 11 is 5.80. The highest BCUT2D eigenvalue weighted by atomic mass is 35.5. The number of β-amino-alcohol motifs (C(OH)–C–C–N with tert-alkyl or cyclic N) is 1. The van der Waals surface area contributed by atoms with Crippen molar-refractivity contribution in [2.45, 2.75) is 24.3 Å². The Morgan fingerprint density at radius 3 is 2.40 bits per heavy atom. The maximum atomic E-state index is 12.4. The van der Waals surface area contributed by atoms with Gasteiger partial charge in [-0.1, -0.05) is 11.6 Å². The van der Waals surface area contributed by atoms with Crippen LogP contribution in [-0.4, -0.2) is 47.6 Å². The molecule has 0 unspecified atom stereocenters. The van der Waals surface area contributed by atoms with Crippen molar-refractivity contribution in [1.29, 1.82) is 0 Å². The largest absolute Gasteiger partial charge is 0.478 e. The number of aliphatic hydroxyl groups is 1. The lowest BCUT2D eigenvalue weighted by atomic mass is 10.0. The molecule has 6 nitrogen and oxygen atoms in total. The van der Waals surface area contributed by atoms with Crippen molar-refractivity contribution in [3.05, 3.63) is 28.3 Å². The SMILES string of the molecule is Cc1c(C(=O)O)cc(Cl)cc1S(=O)(=O)N1CC(C)(O)C1. The fraction of sp³-hybridized carbons (Fsp3) is 0.417. The zero-order chi connectivity index (χ0) is 15.3. The van der Waals surface area contributed by atoms with Gasteiger partial charge in [0.15, 0.2) is 0 Å². The van der Waals surface area contributed by atoms with Crippen LogP contribution in [0.15, 0.2) is 17.0 Å². The van der Waals surface area contributed by atoms with E-state index < -0.39 is 21.6 Å². The van der Waals surface area contributed by atoms with Crippen LogP contribution in [0, 0.1) is 6.92 Å². The first-order valence-corrected chi connectivity index (χ1v) is 7.62. The predicted molar refractivity (Wildman–Crippen MR) is 72.5 cm³/mol. The van der Waals surface area contributed by atoms with Crippen LogP contribution < -0.4 is 0 Å². The van der Waals surface area contributed by atoms with E-state index in [1.807, 2.05) is 0 Å². The summed E-state index contributed by atoms with van der Waals surface area (Å²) in [5.41, 5.74) is -1.06. The second-order valence-corrected chi connectivity index (χ2v) is 7.49. The van der Waals surface area contributed by atoms with Gasteiger partial charge < -0.3 is 10.2 Å². The highest BCUT2D eigenvalue weighted by Crippen LogP contribution is 2.32. The molecular formula is C12H14ClNO5S. The normalized spacial score (nSPS) is 18.6. The summed E-state index contributed by atoms with van der Waals surface area (Å²) in [4.78, 5) is 11.0. The third-order valence-corrected chi connectivity index (χ3v) is 5.34. The van der Waals surface area contributed by atoms with E-state index in [2.05, 4.69) is 0 Å². The van der Waals surface area contributed by atoms with Crippen LogP contribution in [0.4, 0.5) is 0 Å². The summed E-state index contributed by atoms with van der Waals surface area (Å²) < 4.78 is 25.9. The van der Waals surface area contributed by atoms with Gasteiger partial charge in [-0.2, -0.15) is 4.31 Å². The Morgan fingerprint density at radius 1 is 1.40 bits per heavy atom. The Kier molecular flexibility index (Phi) is 3.58. The maximum Gasteiger partial charge on any atom is 0.336 e. The van der Waals surface area contributed by atoms with Crippen molar-refractivity contribution < 1.29 is 23.4 Å². The summed E-state index contributed by atoms with van der Waals surface area (Å²) in [6.45, 7) is 2.91. The molecule has 20 heavy (non-hydrogen) atoms. The molecule has 1 aliphatic rings. The summed E-state index contributed by atoms with van der Waals surface area (Å²) in [7, 11) is -3.86. The molecule has 0 amide bonds. The zero-order valence-corrected chi connectivity index (χ0v) is 12.5. The summed E-state index contributed by atoms with van der Waals surface area (Å²) in [5.74, 6) is -1.24. The van der Waals surface area contributed by atoms with Gasteiger partial charge in [0.25, 0.3) is 0 Å². The van der Waals surface area contributed by atoms with Gasteiger partial charge in [0.1, 0.15) is 0 Å². The van der Waals surface area contributed by atoms with Crippen molar-refractivity contribution in [1.82, 2.24) is 4.31 Å². The Morgan fingerprint density at radius 2 is 1.95 bits per heavy atom. The molecule has 0 bridgehead atoms. The Balaban J connectivity index is 2.50. The molecule has 1 saturated heterocycles. The number of carboxylic acids is 1. The van der Waals surface area contributed by atoms with Crippen LogP contribution in [0.5, 0.6) is 0 Å². The monoisotopic (exact) mass is 319 g/mol. The highest BCUT2D eigenvalue weighted by Gasteiger charge is 2.44. The molecule has 0 aromatic heterocycles. The van der Waals surface area contributed by atoms with Crippen LogP contribution in [0.25, 0.3) is 0 Å². The molecule has 1 aromatic carbocycles. The third-order valence-electron chi connectivity index (χ3n) is 3.21. The Bertz CT molecular complexity index is 675. The number of aromatic carboxylic acids is 1. The van der Waals surface area contributed by atoms with Crippen LogP contribution in [0.3, 0.4) is 0 Å². The van der Waals surface area contributed by atoms with Gasteiger partial charge in [-0.3, -0.25) is 0 Å². The number of carboxylic acid groups (broad SMARTS) is 1. The second kappa shape index (κ2) is 4.70. The highest BCUT2D eigenvalue weighted by molar-refractivity contribution is 7.89. The van der Waals surface area contributed by atoms with E-state index >= 15 is 0 Å². The predicted octanol–water partition coefficient (Wildman–Crippen LogP) is 1.10. The van der Waals surface area contributed by atoms with Gasteiger partial charge in [0.05, 0.1) is 16.1 Å². The summed E-state index contributed by atoms with van der Waals surface area (Å²) in [6.07, 6.45) is 0. The first-order chi connectivity index (χ1) is 9.04. The van der Waals surface area contributed by atoms with Gasteiger partial charge >= 0.3 is 5.97 Å². The lowest BCUT2D eigenvalue weighted by Crippen LogP contribution is -2.61. The minimum absolute atomic E-state index is 0.0241. The van der Waals surface area contributed by atoms with Crippen LogP contribution in [0.1, 0.15) is 22.8 Å². The second-order valence-electron chi connectivity index (χ2n) is 5.15. The van der Waals surface area contributed by atoms with Gasteiger partial charge in [0, 0.05) is 18.1 Å². The fourth-order valence-corrected chi connectivity index (χ4v) is 4.40. The first kappa shape index (κ1) is 15.2. The number of halogens is 1. The molecule has 0 aliphatic carbocycles. The van der Waals surface area contributed by atoms with Gasteiger partial charge in [0.2, 0.25) is 10.0 Å². The molecule has 1 heterocycles. The summed E-state index contributed by atoms with van der Waals surface area (Å²) in [6, 6.07) is 2.44. The molecule has 2 N–H and O–H groups in total. The molecule has 1 aromatic rings. The minimum Gasteiger partial charge on any atom is -0.478 e. The quantitative estimate of drug-likeness (QED) is 0.870. The lowest BCUT2D eigenvalue weighted by molar-refractivity contribution is -0.0426. The van der Waals surface area contributed by atoms with Crippen molar-refractivity contribution in [2.75, 3.05) is 13.1 Å². The van der Waals surface area contributed by atoms with E-state index in [1.165, 1.54) is 26.0 Å². The van der Waals surface area contributed by atoms with E-state index in [0.717, 1.165) is 4.31 Å². The summed E-state index contributed by atoms with van der Waals surface area (Å²) in [5, 5.41) is 18.7. The number of hydrogen-bond acceptors (Lipinski definition) is 4. The van der Waals surface area contributed by atoms with Crippen molar-refractivity contribution in [3.8, 4) is 0 Å².